The predicted molar refractivity (Wildman–Crippen MR) is 115 cm³/mol. The molecule has 0 aliphatic carbocycles. The van der Waals surface area contributed by atoms with E-state index in [0.29, 0.717) is 18.5 Å². The molecule has 5 rings (SSSR count). The van der Waals surface area contributed by atoms with Crippen molar-refractivity contribution < 1.29 is 19.7 Å². The molecule has 0 saturated carbocycles. The second-order valence-electron chi connectivity index (χ2n) is 7.56. The molecule has 0 radical (unpaired) electrons. The molecule has 8 N–H and O–H groups in total. The predicted octanol–water partition coefficient (Wildman–Crippen LogP) is 0.0665. The van der Waals surface area contributed by atoms with Gasteiger partial charge in [0.1, 0.15) is 24.1 Å². The van der Waals surface area contributed by atoms with Crippen molar-refractivity contribution in [3.05, 3.63) is 42.4 Å². The van der Waals surface area contributed by atoms with Crippen molar-refractivity contribution in [3.8, 4) is 6.01 Å². The van der Waals surface area contributed by atoms with Crippen molar-refractivity contribution in [3.63, 3.8) is 0 Å². The van der Waals surface area contributed by atoms with Gasteiger partial charge in [-0.25, -0.2) is 4.98 Å². The minimum absolute atomic E-state index is 0.0488. The fraction of sp³-hybridized carbons (Fsp3) is 0.300. The Morgan fingerprint density at radius 2 is 2.06 bits per heavy atom. The van der Waals surface area contributed by atoms with E-state index in [0.717, 1.165) is 16.5 Å². The van der Waals surface area contributed by atoms with Crippen LogP contribution >= 0.6 is 0 Å². The van der Waals surface area contributed by atoms with Gasteiger partial charge in [0.15, 0.2) is 23.2 Å². The van der Waals surface area contributed by atoms with Crippen LogP contribution in [0.4, 0.5) is 5.82 Å². The SMILES string of the molecule is N=C(N)[C@H]1O[C@@H](n2cnc3c(N)nc(OCCc4c[nH]c5ccccc45)nc32)[C@H](O)[C@@H]1O. The first-order valence-electron chi connectivity index (χ1n) is 9.97. The Hall–Kier alpha value is -3.74. The number of hydrogen-bond donors (Lipinski definition) is 6. The lowest BCUT2D eigenvalue weighted by atomic mass is 10.1. The van der Waals surface area contributed by atoms with Crippen molar-refractivity contribution in [1.82, 2.24) is 24.5 Å². The minimum Gasteiger partial charge on any atom is -0.463 e. The Kier molecular flexibility index (Phi) is 4.89. The van der Waals surface area contributed by atoms with Crippen molar-refractivity contribution in [2.45, 2.75) is 31.0 Å². The number of anilines is 1. The Labute approximate surface area is 181 Å². The largest absolute Gasteiger partial charge is 0.463 e. The zero-order valence-electron chi connectivity index (χ0n) is 16.8. The summed E-state index contributed by atoms with van der Waals surface area (Å²) in [5, 5.41) is 29.2. The number of ether oxygens (including phenoxy) is 2. The van der Waals surface area contributed by atoms with Crippen molar-refractivity contribution in [2.75, 3.05) is 12.3 Å². The Morgan fingerprint density at radius 1 is 1.25 bits per heavy atom. The molecule has 0 unspecified atom stereocenters. The van der Waals surface area contributed by atoms with E-state index in [1.165, 1.54) is 10.9 Å². The lowest BCUT2D eigenvalue weighted by Gasteiger charge is -2.16. The van der Waals surface area contributed by atoms with Crippen molar-refractivity contribution in [2.24, 2.45) is 5.73 Å². The molecule has 4 atom stereocenters. The summed E-state index contributed by atoms with van der Waals surface area (Å²) in [6.45, 7) is 0.314. The van der Waals surface area contributed by atoms with Crippen molar-refractivity contribution >= 4 is 33.7 Å². The molecule has 32 heavy (non-hydrogen) atoms. The minimum atomic E-state index is -1.36. The third kappa shape index (κ3) is 3.30. The van der Waals surface area contributed by atoms with E-state index in [9.17, 15) is 10.2 Å². The van der Waals surface area contributed by atoms with E-state index in [-0.39, 0.29) is 23.3 Å². The summed E-state index contributed by atoms with van der Waals surface area (Å²) < 4.78 is 12.7. The van der Waals surface area contributed by atoms with Crippen LogP contribution in [0.5, 0.6) is 6.01 Å². The molecular weight excluding hydrogens is 416 g/mol. The first kappa shape index (κ1) is 20.2. The number of amidine groups is 1. The summed E-state index contributed by atoms with van der Waals surface area (Å²) in [4.78, 5) is 15.9. The monoisotopic (exact) mass is 438 g/mol. The summed E-state index contributed by atoms with van der Waals surface area (Å²) >= 11 is 0. The summed E-state index contributed by atoms with van der Waals surface area (Å²) in [5.74, 6) is -0.286. The maximum atomic E-state index is 10.4. The maximum Gasteiger partial charge on any atom is 0.320 e. The molecule has 1 aliphatic heterocycles. The van der Waals surface area contributed by atoms with Crippen LogP contribution in [0.3, 0.4) is 0 Å². The number of nitrogens with two attached hydrogens (primary N) is 2. The zero-order valence-corrected chi connectivity index (χ0v) is 16.8. The molecule has 166 valence electrons. The number of H-pyrrole nitrogens is 1. The lowest BCUT2D eigenvalue weighted by Crippen LogP contribution is -2.39. The molecule has 1 saturated heterocycles. The standard InChI is InChI=1S/C20H22N8O4/c21-16(22)15-13(29)14(30)19(32-15)28-8-25-12-17(23)26-20(27-18(12)28)31-6-5-9-7-24-11-4-2-1-3-10(9)11/h1-4,7-8,13-15,19,24,29-30H,5-6H2,(H3,21,22)(H2,23,26,27)/t13-,14+,15-,19+/m0/s1. The number of rotatable bonds is 6. The van der Waals surface area contributed by atoms with E-state index in [2.05, 4.69) is 19.9 Å². The van der Waals surface area contributed by atoms with Gasteiger partial charge in [-0.3, -0.25) is 9.98 Å². The number of nitrogens with zero attached hydrogens (tertiary/aromatic N) is 4. The molecule has 1 aromatic carbocycles. The first-order chi connectivity index (χ1) is 15.4. The highest BCUT2D eigenvalue weighted by Crippen LogP contribution is 2.32. The number of aliphatic hydroxyl groups excluding tert-OH is 2. The molecule has 12 nitrogen and oxygen atoms in total. The van der Waals surface area contributed by atoms with Crippen LogP contribution in [0.1, 0.15) is 11.8 Å². The van der Waals surface area contributed by atoms with Gasteiger partial charge in [0.25, 0.3) is 0 Å². The molecule has 0 bridgehead atoms. The molecule has 12 heteroatoms. The lowest BCUT2D eigenvalue weighted by molar-refractivity contribution is -0.0220. The number of fused-ring (bicyclic) bond motifs is 2. The fourth-order valence-electron chi connectivity index (χ4n) is 3.91. The highest BCUT2D eigenvalue weighted by Gasteiger charge is 2.45. The van der Waals surface area contributed by atoms with Gasteiger partial charge in [-0.05, 0) is 11.6 Å². The van der Waals surface area contributed by atoms with Crippen LogP contribution in [-0.4, -0.2) is 65.5 Å². The van der Waals surface area contributed by atoms with Crippen molar-refractivity contribution in [1.29, 1.82) is 5.41 Å². The topological polar surface area (TPSA) is 194 Å². The Balaban J connectivity index is 1.38. The van der Waals surface area contributed by atoms with E-state index in [1.807, 2.05) is 30.5 Å². The van der Waals surface area contributed by atoms with Crippen LogP contribution in [0.2, 0.25) is 0 Å². The molecule has 4 aromatic rings. The average Bonchev–Trinajstić information content (AvgIpc) is 3.45. The molecule has 1 aliphatic rings. The number of hydrogen-bond acceptors (Lipinski definition) is 9. The second kappa shape index (κ2) is 7.75. The average molecular weight is 438 g/mol. The quantitative estimate of drug-likeness (QED) is 0.178. The van der Waals surface area contributed by atoms with Gasteiger partial charge in [0.2, 0.25) is 0 Å². The van der Waals surface area contributed by atoms with Crippen LogP contribution in [0.15, 0.2) is 36.8 Å². The van der Waals surface area contributed by atoms with E-state index in [1.54, 1.807) is 0 Å². The number of aliphatic hydroxyl groups is 2. The Bertz CT molecular complexity index is 1300. The van der Waals surface area contributed by atoms with E-state index < -0.39 is 24.5 Å². The number of aromatic nitrogens is 5. The van der Waals surface area contributed by atoms with E-state index >= 15 is 0 Å². The van der Waals surface area contributed by atoms with Gasteiger partial charge in [-0.2, -0.15) is 9.97 Å². The third-order valence-corrected chi connectivity index (χ3v) is 5.52. The van der Waals surface area contributed by atoms with Gasteiger partial charge in [0.05, 0.1) is 12.9 Å². The number of para-hydroxylation sites is 1. The highest BCUT2D eigenvalue weighted by atomic mass is 16.6. The van der Waals surface area contributed by atoms with Crippen LogP contribution in [0.25, 0.3) is 22.1 Å². The summed E-state index contributed by atoms with van der Waals surface area (Å²) in [5.41, 5.74) is 14.2. The number of aromatic amines is 1. The highest BCUT2D eigenvalue weighted by molar-refractivity contribution is 5.84. The molecule has 0 spiro atoms. The molecule has 1 fully saturated rings. The molecule has 4 heterocycles. The van der Waals surface area contributed by atoms with Crippen LogP contribution in [-0.2, 0) is 11.2 Å². The summed E-state index contributed by atoms with van der Waals surface area (Å²) in [6.07, 6.45) is -0.965. The molecule has 0 amide bonds. The number of nitrogens with one attached hydrogen (secondary N) is 2. The zero-order chi connectivity index (χ0) is 22.4. The second-order valence-corrected chi connectivity index (χ2v) is 7.56. The Morgan fingerprint density at radius 3 is 2.84 bits per heavy atom. The normalized spacial score (nSPS) is 23.2. The fourth-order valence-corrected chi connectivity index (χ4v) is 3.91. The summed E-state index contributed by atoms with van der Waals surface area (Å²) in [7, 11) is 0. The molecule has 3 aromatic heterocycles. The molecular formula is C20H22N8O4. The number of nitrogen functional groups attached to an aromatic ring is 1. The van der Waals surface area contributed by atoms with Gasteiger partial charge in [-0.15, -0.1) is 0 Å². The first-order valence-corrected chi connectivity index (χ1v) is 9.97. The summed E-state index contributed by atoms with van der Waals surface area (Å²) in [6, 6.07) is 8.04. The third-order valence-electron chi connectivity index (χ3n) is 5.52. The maximum absolute atomic E-state index is 10.4. The van der Waals surface area contributed by atoms with Gasteiger partial charge < -0.3 is 36.1 Å². The number of benzene rings is 1. The van der Waals surface area contributed by atoms with Crippen LogP contribution < -0.4 is 16.2 Å². The smallest absolute Gasteiger partial charge is 0.320 e. The van der Waals surface area contributed by atoms with E-state index in [4.69, 9.17) is 26.4 Å². The van der Waals surface area contributed by atoms with Crippen LogP contribution in [0, 0.1) is 5.41 Å². The van der Waals surface area contributed by atoms with Gasteiger partial charge in [-0.1, -0.05) is 18.2 Å². The number of imidazole rings is 1. The van der Waals surface area contributed by atoms with Gasteiger partial charge >= 0.3 is 6.01 Å². The van der Waals surface area contributed by atoms with Gasteiger partial charge in [0, 0.05) is 23.5 Å².